The van der Waals surface area contributed by atoms with Crippen molar-refractivity contribution in [3.8, 4) is 0 Å². The van der Waals surface area contributed by atoms with Crippen LogP contribution in [0.2, 0.25) is 0 Å². The fraction of sp³-hybridized carbons (Fsp3) is 0.692. The molecule has 2 N–H and O–H groups in total. The van der Waals surface area contributed by atoms with Crippen LogP contribution in [0.5, 0.6) is 0 Å². The first kappa shape index (κ1) is 12.1. The Morgan fingerprint density at radius 2 is 2.25 bits per heavy atom. The summed E-state index contributed by atoms with van der Waals surface area (Å²) in [6.45, 7) is 8.75. The third-order valence-electron chi connectivity index (χ3n) is 3.65. The molecule has 16 heavy (non-hydrogen) atoms. The van der Waals surface area contributed by atoms with E-state index in [1.807, 2.05) is 11.3 Å². The maximum absolute atomic E-state index is 5.98. The topological polar surface area (TPSA) is 29.3 Å². The lowest BCUT2D eigenvalue weighted by atomic mass is 10.00. The minimum absolute atomic E-state index is 0.307. The molecule has 0 aromatic carbocycles. The van der Waals surface area contributed by atoms with Gasteiger partial charge in [0.25, 0.3) is 0 Å². The Bertz CT molecular complexity index is 357. The van der Waals surface area contributed by atoms with Crippen LogP contribution >= 0.6 is 11.3 Å². The summed E-state index contributed by atoms with van der Waals surface area (Å²) in [4.78, 5) is 5.39. The van der Waals surface area contributed by atoms with Crippen molar-refractivity contribution in [1.29, 1.82) is 0 Å². The molecule has 1 fully saturated rings. The van der Waals surface area contributed by atoms with E-state index in [9.17, 15) is 0 Å². The Labute approximate surface area is 102 Å². The number of hydrogen-bond donors (Lipinski definition) is 1. The highest BCUT2D eigenvalue weighted by atomic mass is 32.1. The van der Waals surface area contributed by atoms with Gasteiger partial charge in [0.05, 0.1) is 6.04 Å². The second kappa shape index (κ2) is 4.47. The highest BCUT2D eigenvalue weighted by molar-refractivity contribution is 7.12. The molecule has 0 spiro atoms. The summed E-state index contributed by atoms with van der Waals surface area (Å²) in [6.07, 6.45) is 2.59. The molecule has 0 saturated carbocycles. The normalized spacial score (nSPS) is 22.5. The molecule has 0 bridgehead atoms. The predicted molar refractivity (Wildman–Crippen MR) is 70.9 cm³/mol. The molecule has 0 amide bonds. The largest absolute Gasteiger partial charge is 0.329 e. The number of rotatable bonds is 3. The zero-order chi connectivity index (χ0) is 11.8. The number of thiophene rings is 1. The van der Waals surface area contributed by atoms with Gasteiger partial charge in [0.1, 0.15) is 0 Å². The van der Waals surface area contributed by atoms with Crippen LogP contribution in [0.3, 0.4) is 0 Å². The van der Waals surface area contributed by atoms with Gasteiger partial charge in [-0.05, 0) is 52.3 Å². The lowest BCUT2D eigenvalue weighted by Crippen LogP contribution is -2.43. The Hall–Kier alpha value is -0.380. The van der Waals surface area contributed by atoms with E-state index < -0.39 is 0 Å². The SMILES string of the molecule is Cc1ccc(C(CN)N2CCCC2(C)C)s1. The molecule has 2 nitrogen and oxygen atoms in total. The molecule has 1 saturated heterocycles. The minimum Gasteiger partial charge on any atom is -0.329 e. The molecular formula is C13H22N2S. The number of nitrogens with two attached hydrogens (primary N) is 1. The summed E-state index contributed by atoms with van der Waals surface area (Å²) in [5, 5.41) is 0. The molecule has 0 aliphatic carbocycles. The number of aryl methyl sites for hydroxylation is 1. The summed E-state index contributed by atoms with van der Waals surface area (Å²) >= 11 is 1.89. The molecule has 1 aromatic rings. The number of hydrogen-bond acceptors (Lipinski definition) is 3. The lowest BCUT2D eigenvalue weighted by molar-refractivity contribution is 0.121. The second-order valence-corrected chi connectivity index (χ2v) is 6.63. The van der Waals surface area contributed by atoms with Crippen molar-refractivity contribution in [1.82, 2.24) is 4.90 Å². The number of nitrogens with zero attached hydrogens (tertiary/aromatic N) is 1. The van der Waals surface area contributed by atoms with Gasteiger partial charge in [0, 0.05) is 21.8 Å². The average molecular weight is 238 g/mol. The first-order valence-corrected chi connectivity index (χ1v) is 6.89. The third kappa shape index (κ3) is 2.17. The van der Waals surface area contributed by atoms with Crippen LogP contribution in [-0.2, 0) is 0 Å². The van der Waals surface area contributed by atoms with E-state index in [0.29, 0.717) is 11.6 Å². The highest BCUT2D eigenvalue weighted by Crippen LogP contribution is 2.37. The smallest absolute Gasteiger partial charge is 0.0569 e. The molecule has 2 heterocycles. The molecule has 1 atom stereocenters. The highest BCUT2D eigenvalue weighted by Gasteiger charge is 2.37. The Balaban J connectivity index is 2.23. The van der Waals surface area contributed by atoms with Gasteiger partial charge in [-0.2, -0.15) is 0 Å². The molecule has 1 aliphatic rings. The fourth-order valence-electron chi connectivity index (χ4n) is 2.74. The zero-order valence-corrected chi connectivity index (χ0v) is 11.3. The van der Waals surface area contributed by atoms with Gasteiger partial charge in [-0.3, -0.25) is 4.90 Å². The van der Waals surface area contributed by atoms with Gasteiger partial charge in [-0.25, -0.2) is 0 Å². The lowest BCUT2D eigenvalue weighted by Gasteiger charge is -2.37. The standard InChI is InChI=1S/C13H22N2S/c1-10-5-6-12(16-10)11(9-14)15-8-4-7-13(15,2)3/h5-6,11H,4,7-9,14H2,1-3H3. The van der Waals surface area contributed by atoms with Crippen LogP contribution in [0, 0.1) is 6.92 Å². The van der Waals surface area contributed by atoms with E-state index in [2.05, 4.69) is 37.8 Å². The van der Waals surface area contributed by atoms with Crippen LogP contribution in [0.15, 0.2) is 12.1 Å². The van der Waals surface area contributed by atoms with Gasteiger partial charge in [-0.15, -0.1) is 11.3 Å². The molecule has 2 rings (SSSR count). The van der Waals surface area contributed by atoms with Gasteiger partial charge < -0.3 is 5.73 Å². The fourth-order valence-corrected chi connectivity index (χ4v) is 3.74. The zero-order valence-electron chi connectivity index (χ0n) is 10.5. The number of likely N-dealkylation sites (tertiary alicyclic amines) is 1. The van der Waals surface area contributed by atoms with Gasteiger partial charge in [-0.1, -0.05) is 0 Å². The molecule has 1 aromatic heterocycles. The van der Waals surface area contributed by atoms with Crippen LogP contribution in [0.1, 0.15) is 42.5 Å². The third-order valence-corrected chi connectivity index (χ3v) is 4.76. The van der Waals surface area contributed by atoms with Crippen LogP contribution in [-0.4, -0.2) is 23.5 Å². The second-order valence-electron chi connectivity index (χ2n) is 5.31. The van der Waals surface area contributed by atoms with Crippen LogP contribution in [0.25, 0.3) is 0 Å². The first-order valence-electron chi connectivity index (χ1n) is 6.08. The van der Waals surface area contributed by atoms with Gasteiger partial charge >= 0.3 is 0 Å². The molecular weight excluding hydrogens is 216 g/mol. The molecule has 0 radical (unpaired) electrons. The van der Waals surface area contributed by atoms with Crippen LogP contribution in [0.4, 0.5) is 0 Å². The summed E-state index contributed by atoms with van der Waals surface area (Å²) in [6, 6.07) is 4.86. The monoisotopic (exact) mass is 238 g/mol. The maximum Gasteiger partial charge on any atom is 0.0569 e. The summed E-state index contributed by atoms with van der Waals surface area (Å²) < 4.78 is 0. The maximum atomic E-state index is 5.98. The van der Waals surface area contributed by atoms with E-state index in [0.717, 1.165) is 6.54 Å². The van der Waals surface area contributed by atoms with Crippen molar-refractivity contribution >= 4 is 11.3 Å². The van der Waals surface area contributed by atoms with E-state index in [-0.39, 0.29) is 0 Å². The van der Waals surface area contributed by atoms with Crippen molar-refractivity contribution in [3.63, 3.8) is 0 Å². The molecule has 3 heteroatoms. The predicted octanol–water partition coefficient (Wildman–Crippen LogP) is 2.93. The van der Waals surface area contributed by atoms with E-state index in [1.165, 1.54) is 29.1 Å². The van der Waals surface area contributed by atoms with Gasteiger partial charge in [0.2, 0.25) is 0 Å². The quantitative estimate of drug-likeness (QED) is 0.877. The average Bonchev–Trinajstić information content (AvgIpc) is 2.76. The van der Waals surface area contributed by atoms with E-state index >= 15 is 0 Å². The van der Waals surface area contributed by atoms with Crippen molar-refractivity contribution in [2.24, 2.45) is 5.73 Å². The van der Waals surface area contributed by atoms with E-state index in [1.54, 1.807) is 0 Å². The summed E-state index contributed by atoms with van der Waals surface area (Å²) in [5.41, 5.74) is 6.29. The minimum atomic E-state index is 0.307. The van der Waals surface area contributed by atoms with Crippen molar-refractivity contribution < 1.29 is 0 Å². The molecule has 1 unspecified atom stereocenters. The van der Waals surface area contributed by atoms with Crippen molar-refractivity contribution in [2.45, 2.75) is 45.2 Å². The Morgan fingerprint density at radius 3 is 2.69 bits per heavy atom. The summed E-state index contributed by atoms with van der Waals surface area (Å²) in [5.74, 6) is 0. The molecule has 90 valence electrons. The van der Waals surface area contributed by atoms with Gasteiger partial charge in [0.15, 0.2) is 0 Å². The van der Waals surface area contributed by atoms with E-state index in [4.69, 9.17) is 5.73 Å². The first-order chi connectivity index (χ1) is 7.54. The molecule has 1 aliphatic heterocycles. The van der Waals surface area contributed by atoms with Crippen molar-refractivity contribution in [2.75, 3.05) is 13.1 Å². The Morgan fingerprint density at radius 1 is 1.50 bits per heavy atom. The Kier molecular flexibility index (Phi) is 3.38. The van der Waals surface area contributed by atoms with Crippen LogP contribution < -0.4 is 5.73 Å². The summed E-state index contributed by atoms with van der Waals surface area (Å²) in [7, 11) is 0. The van der Waals surface area contributed by atoms with Crippen molar-refractivity contribution in [3.05, 3.63) is 21.9 Å².